The molecule has 1 amide bonds. The molecule has 1 spiro atoms. The van der Waals surface area contributed by atoms with Gasteiger partial charge in [0, 0.05) is 36.6 Å². The summed E-state index contributed by atoms with van der Waals surface area (Å²) in [6.45, 7) is 1.52. The molecule has 36 heavy (non-hydrogen) atoms. The number of ether oxygens (including phenoxy) is 1. The predicted octanol–water partition coefficient (Wildman–Crippen LogP) is 4.97. The van der Waals surface area contributed by atoms with Crippen molar-refractivity contribution in [2.24, 2.45) is 5.41 Å². The van der Waals surface area contributed by atoms with Gasteiger partial charge in [0.2, 0.25) is 0 Å². The number of hydrogen-bond acceptors (Lipinski definition) is 6. The lowest BCUT2D eigenvalue weighted by molar-refractivity contribution is -0.145. The second kappa shape index (κ2) is 9.41. The van der Waals surface area contributed by atoms with Crippen molar-refractivity contribution in [2.45, 2.75) is 12.8 Å². The van der Waals surface area contributed by atoms with Gasteiger partial charge >= 0.3 is 5.97 Å². The number of rotatable bonds is 4. The molecule has 2 saturated heterocycles. The molecule has 0 radical (unpaired) electrons. The first kappa shape index (κ1) is 24.0. The van der Waals surface area contributed by atoms with Crippen molar-refractivity contribution < 1.29 is 18.7 Å². The summed E-state index contributed by atoms with van der Waals surface area (Å²) in [7, 11) is 0. The molecule has 10 heteroatoms. The number of cyclic esters (lactones) is 1. The van der Waals surface area contributed by atoms with Crippen LogP contribution in [0, 0.1) is 23.6 Å². The van der Waals surface area contributed by atoms with Gasteiger partial charge in [-0.3, -0.25) is 14.6 Å². The van der Waals surface area contributed by atoms with Gasteiger partial charge in [-0.15, -0.1) is 6.42 Å². The zero-order chi connectivity index (χ0) is 25.4. The number of benzene rings is 1. The molecule has 5 rings (SSSR count). The van der Waals surface area contributed by atoms with E-state index in [1.165, 1.54) is 24.7 Å². The van der Waals surface area contributed by atoms with Gasteiger partial charge in [-0.2, -0.15) is 0 Å². The van der Waals surface area contributed by atoms with Crippen LogP contribution < -0.4 is 10.2 Å². The SMILES string of the molecule is C#Cc1cnccc1-c1cc(Cl)c(C(=O)Nc2cnc(N3CCC4(CCOC4=O)C3)c(Cl)c2)cc1F. The standard InChI is InChI=1S/C26H19Cl2FN4O3/c1-2-15-12-30-6-3-17(15)18-10-20(27)19(11-22(18)29)24(34)32-16-9-21(28)23(31-13-16)33-7-4-26(14-33)5-8-36-25(26)35/h1,3,6,9-13H,4-5,7-8,14H2,(H,32,34). The normalized spacial score (nSPS) is 18.8. The van der Waals surface area contributed by atoms with Crippen LogP contribution in [0.3, 0.4) is 0 Å². The number of amides is 1. The summed E-state index contributed by atoms with van der Waals surface area (Å²) < 4.78 is 20.1. The smallest absolute Gasteiger partial charge is 0.314 e. The third-order valence-corrected chi connectivity index (χ3v) is 7.14. The molecule has 2 fully saturated rings. The Morgan fingerprint density at radius 1 is 1.19 bits per heavy atom. The highest BCUT2D eigenvalue weighted by atomic mass is 35.5. The van der Waals surface area contributed by atoms with E-state index in [1.807, 2.05) is 4.90 Å². The van der Waals surface area contributed by atoms with Gasteiger partial charge in [-0.25, -0.2) is 9.37 Å². The van der Waals surface area contributed by atoms with Gasteiger partial charge in [0.25, 0.3) is 5.91 Å². The molecule has 182 valence electrons. The van der Waals surface area contributed by atoms with E-state index in [0.29, 0.717) is 60.2 Å². The molecule has 0 aliphatic carbocycles. The number of anilines is 2. The molecule has 1 aromatic carbocycles. The van der Waals surface area contributed by atoms with E-state index in [4.69, 9.17) is 34.4 Å². The molecule has 1 unspecified atom stereocenters. The first-order valence-electron chi connectivity index (χ1n) is 11.1. The maximum absolute atomic E-state index is 15.0. The zero-order valence-electron chi connectivity index (χ0n) is 18.9. The lowest BCUT2D eigenvalue weighted by Gasteiger charge is -2.22. The van der Waals surface area contributed by atoms with Gasteiger partial charge < -0.3 is 15.0 Å². The third kappa shape index (κ3) is 4.25. The van der Waals surface area contributed by atoms with Gasteiger partial charge in [0.1, 0.15) is 11.6 Å². The highest BCUT2D eigenvalue weighted by Gasteiger charge is 2.49. The fourth-order valence-electron chi connectivity index (χ4n) is 4.62. The van der Waals surface area contributed by atoms with E-state index in [1.54, 1.807) is 12.1 Å². The van der Waals surface area contributed by atoms with Crippen LogP contribution in [0.25, 0.3) is 11.1 Å². The topological polar surface area (TPSA) is 84.4 Å². The van der Waals surface area contributed by atoms with Gasteiger partial charge in [0.05, 0.1) is 45.1 Å². The second-order valence-electron chi connectivity index (χ2n) is 8.70. The predicted molar refractivity (Wildman–Crippen MR) is 135 cm³/mol. The average molecular weight is 525 g/mol. The number of nitrogens with one attached hydrogen (secondary N) is 1. The number of pyridine rings is 2. The highest BCUT2D eigenvalue weighted by molar-refractivity contribution is 6.35. The molecule has 1 atom stereocenters. The molecule has 2 aliphatic heterocycles. The summed E-state index contributed by atoms with van der Waals surface area (Å²) in [5.41, 5.74) is 0.750. The van der Waals surface area contributed by atoms with Crippen molar-refractivity contribution in [1.29, 1.82) is 0 Å². The summed E-state index contributed by atoms with van der Waals surface area (Å²) >= 11 is 12.8. The van der Waals surface area contributed by atoms with Gasteiger partial charge in [0.15, 0.2) is 0 Å². The van der Waals surface area contributed by atoms with Crippen molar-refractivity contribution in [1.82, 2.24) is 9.97 Å². The Morgan fingerprint density at radius 3 is 2.75 bits per heavy atom. The summed E-state index contributed by atoms with van der Waals surface area (Å²) in [6, 6.07) is 5.54. The number of nitrogens with zero attached hydrogens (tertiary/aromatic N) is 3. The van der Waals surface area contributed by atoms with Crippen LogP contribution in [-0.2, 0) is 9.53 Å². The first-order chi connectivity index (χ1) is 17.3. The molecule has 4 heterocycles. The monoisotopic (exact) mass is 524 g/mol. The summed E-state index contributed by atoms with van der Waals surface area (Å²) in [5.74, 6) is 1.51. The van der Waals surface area contributed by atoms with Gasteiger partial charge in [-0.1, -0.05) is 29.1 Å². The molecule has 3 aromatic rings. The molecular formula is C26H19Cl2FN4O3. The summed E-state index contributed by atoms with van der Waals surface area (Å²) in [5, 5.41) is 3.01. The van der Waals surface area contributed by atoms with Crippen molar-refractivity contribution in [2.75, 3.05) is 29.9 Å². The largest absolute Gasteiger partial charge is 0.465 e. The zero-order valence-corrected chi connectivity index (χ0v) is 20.4. The van der Waals surface area contributed by atoms with E-state index in [2.05, 4.69) is 21.2 Å². The van der Waals surface area contributed by atoms with E-state index in [9.17, 15) is 14.0 Å². The number of aromatic nitrogens is 2. The number of hydrogen-bond donors (Lipinski definition) is 1. The lowest BCUT2D eigenvalue weighted by Crippen LogP contribution is -2.31. The van der Waals surface area contributed by atoms with Crippen LogP contribution in [0.4, 0.5) is 15.9 Å². The third-order valence-electron chi connectivity index (χ3n) is 6.55. The Kier molecular flexibility index (Phi) is 6.29. The van der Waals surface area contributed by atoms with Crippen LogP contribution in [0.1, 0.15) is 28.8 Å². The highest BCUT2D eigenvalue weighted by Crippen LogP contribution is 2.42. The number of carbonyl (C=O) groups excluding carboxylic acids is 2. The van der Waals surface area contributed by atoms with Crippen molar-refractivity contribution >= 4 is 46.6 Å². The van der Waals surface area contributed by atoms with E-state index in [0.717, 1.165) is 6.07 Å². The Labute approximate surface area is 216 Å². The maximum atomic E-state index is 15.0. The fraction of sp³-hybridized carbons (Fsp3) is 0.231. The number of halogens is 3. The fourth-order valence-corrected chi connectivity index (χ4v) is 5.16. The van der Waals surface area contributed by atoms with Crippen LogP contribution in [0.5, 0.6) is 0 Å². The van der Waals surface area contributed by atoms with E-state index in [-0.39, 0.29) is 22.1 Å². The van der Waals surface area contributed by atoms with Crippen LogP contribution in [0.2, 0.25) is 10.0 Å². The molecular weight excluding hydrogens is 506 g/mol. The Morgan fingerprint density at radius 2 is 2.03 bits per heavy atom. The number of carbonyl (C=O) groups is 2. The second-order valence-corrected chi connectivity index (χ2v) is 9.51. The lowest BCUT2D eigenvalue weighted by atomic mass is 9.86. The minimum absolute atomic E-state index is 0.0465. The van der Waals surface area contributed by atoms with Crippen LogP contribution >= 0.6 is 23.2 Å². The van der Waals surface area contributed by atoms with E-state index < -0.39 is 17.1 Å². The average Bonchev–Trinajstić information content (AvgIpc) is 3.46. The Hall–Kier alpha value is -3.67. The number of terminal acetylenes is 1. The molecule has 0 bridgehead atoms. The van der Waals surface area contributed by atoms with Crippen molar-refractivity contribution in [3.63, 3.8) is 0 Å². The van der Waals surface area contributed by atoms with Crippen molar-refractivity contribution in [3.05, 3.63) is 69.8 Å². The Balaban J connectivity index is 1.34. The summed E-state index contributed by atoms with van der Waals surface area (Å²) in [6.07, 6.45) is 11.2. The van der Waals surface area contributed by atoms with Gasteiger partial charge in [-0.05, 0) is 37.1 Å². The minimum atomic E-state index is -0.660. The van der Waals surface area contributed by atoms with Crippen LogP contribution in [0.15, 0.2) is 42.9 Å². The molecule has 1 N–H and O–H groups in total. The minimum Gasteiger partial charge on any atom is -0.465 e. The first-order valence-corrected chi connectivity index (χ1v) is 11.9. The maximum Gasteiger partial charge on any atom is 0.314 e. The summed E-state index contributed by atoms with van der Waals surface area (Å²) in [4.78, 5) is 35.3. The molecule has 2 aromatic heterocycles. The van der Waals surface area contributed by atoms with E-state index >= 15 is 0 Å². The van der Waals surface area contributed by atoms with Crippen LogP contribution in [-0.4, -0.2) is 41.5 Å². The number of esters is 1. The molecule has 7 nitrogen and oxygen atoms in total. The van der Waals surface area contributed by atoms with Crippen molar-refractivity contribution in [3.8, 4) is 23.5 Å². The Bertz CT molecular complexity index is 1440. The molecule has 2 aliphatic rings. The quantitative estimate of drug-likeness (QED) is 0.383. The molecule has 0 saturated carbocycles.